The smallest absolute Gasteiger partial charge is 0.122 e. The Morgan fingerprint density at radius 2 is 2.11 bits per heavy atom. The van der Waals surface area contributed by atoms with Gasteiger partial charge >= 0.3 is 0 Å². The highest BCUT2D eigenvalue weighted by Gasteiger charge is 2.27. The Balaban J connectivity index is 2.29. The quantitative estimate of drug-likeness (QED) is 0.634. The molecule has 0 aliphatic carbocycles. The Kier molecular flexibility index (Phi) is 4.76. The molecule has 0 radical (unpaired) electrons. The largest absolute Gasteiger partial charge is 0.496 e. The number of benzene rings is 1. The second kappa shape index (κ2) is 6.34. The Bertz CT molecular complexity index is 431. The molecule has 0 bridgehead atoms. The normalized spacial score (nSPS) is 21.2. The van der Waals surface area contributed by atoms with Crippen LogP contribution < -0.4 is 16.0 Å². The lowest BCUT2D eigenvalue weighted by Crippen LogP contribution is -2.43. The third kappa shape index (κ3) is 3.06. The van der Waals surface area contributed by atoms with Crippen LogP contribution in [0.5, 0.6) is 5.75 Å². The van der Waals surface area contributed by atoms with Crippen molar-refractivity contribution in [3.63, 3.8) is 0 Å². The zero-order chi connectivity index (χ0) is 13.8. The number of hydrogen-bond donors (Lipinski definition) is 2. The number of rotatable bonds is 4. The molecule has 1 heterocycles. The summed E-state index contributed by atoms with van der Waals surface area (Å²) in [5.74, 6) is 6.60. The van der Waals surface area contributed by atoms with Gasteiger partial charge in [0.15, 0.2) is 0 Å². The molecule has 1 aliphatic rings. The van der Waals surface area contributed by atoms with Crippen LogP contribution in [0, 0.1) is 13.8 Å². The maximum atomic E-state index is 5.74. The predicted molar refractivity (Wildman–Crippen MR) is 73.1 cm³/mol. The molecule has 0 saturated carbocycles. The molecule has 3 N–H and O–H groups in total. The van der Waals surface area contributed by atoms with Gasteiger partial charge in [-0.1, -0.05) is 6.07 Å². The van der Waals surface area contributed by atoms with E-state index < -0.39 is 0 Å². The first-order valence-corrected chi connectivity index (χ1v) is 6.48. The molecule has 1 aromatic carbocycles. The van der Waals surface area contributed by atoms with E-state index in [9.17, 15) is 0 Å². The summed E-state index contributed by atoms with van der Waals surface area (Å²) in [7, 11) is 1.68. The number of hydrogen-bond acceptors (Lipinski definition) is 5. The average Bonchev–Trinajstić information content (AvgIpc) is 2.44. The van der Waals surface area contributed by atoms with Crippen LogP contribution in [0.1, 0.15) is 22.7 Å². The second-order valence-corrected chi connectivity index (χ2v) is 4.81. The van der Waals surface area contributed by atoms with Gasteiger partial charge in [-0.2, -0.15) is 0 Å². The fourth-order valence-electron chi connectivity index (χ4n) is 2.46. The summed E-state index contributed by atoms with van der Waals surface area (Å²) in [4.78, 5) is 0. The minimum absolute atomic E-state index is 0.0646. The van der Waals surface area contributed by atoms with Gasteiger partial charge in [0.2, 0.25) is 0 Å². The number of ether oxygens (including phenoxy) is 3. The second-order valence-electron chi connectivity index (χ2n) is 4.81. The fraction of sp³-hybridized carbons (Fsp3) is 0.571. The van der Waals surface area contributed by atoms with Crippen molar-refractivity contribution >= 4 is 0 Å². The van der Waals surface area contributed by atoms with Crippen LogP contribution in [0.15, 0.2) is 12.1 Å². The number of nitrogens with one attached hydrogen (secondary N) is 1. The van der Waals surface area contributed by atoms with Gasteiger partial charge in [0.25, 0.3) is 0 Å². The summed E-state index contributed by atoms with van der Waals surface area (Å²) in [6.45, 7) is 5.88. The Morgan fingerprint density at radius 1 is 1.32 bits per heavy atom. The lowest BCUT2D eigenvalue weighted by molar-refractivity contribution is -0.102. The van der Waals surface area contributed by atoms with E-state index in [1.165, 1.54) is 0 Å². The first kappa shape index (κ1) is 14.3. The van der Waals surface area contributed by atoms with Gasteiger partial charge in [0, 0.05) is 0 Å². The van der Waals surface area contributed by atoms with Gasteiger partial charge in [0.1, 0.15) is 11.9 Å². The average molecular weight is 266 g/mol. The minimum Gasteiger partial charge on any atom is -0.496 e. The van der Waals surface area contributed by atoms with E-state index in [-0.39, 0.29) is 12.1 Å². The molecule has 2 atom stereocenters. The van der Waals surface area contributed by atoms with Crippen LogP contribution in [0.2, 0.25) is 0 Å². The molecule has 5 heteroatoms. The summed E-state index contributed by atoms with van der Waals surface area (Å²) < 4.78 is 16.5. The number of aryl methyl sites for hydroxylation is 2. The number of methoxy groups -OCH3 is 1. The van der Waals surface area contributed by atoms with Crippen molar-refractivity contribution in [3.8, 4) is 5.75 Å². The Labute approximate surface area is 114 Å². The lowest BCUT2D eigenvalue weighted by atomic mass is 9.95. The predicted octanol–water partition coefficient (Wildman–Crippen LogP) is 1.23. The van der Waals surface area contributed by atoms with Gasteiger partial charge in [0.05, 0.1) is 33.0 Å². The van der Waals surface area contributed by atoms with Crippen molar-refractivity contribution in [2.45, 2.75) is 26.0 Å². The van der Waals surface area contributed by atoms with Crippen molar-refractivity contribution in [3.05, 3.63) is 28.8 Å². The van der Waals surface area contributed by atoms with E-state index in [1.54, 1.807) is 7.11 Å². The van der Waals surface area contributed by atoms with Crippen molar-refractivity contribution in [2.75, 3.05) is 26.9 Å². The highest BCUT2D eigenvalue weighted by molar-refractivity contribution is 5.43. The molecule has 2 unspecified atom stereocenters. The lowest BCUT2D eigenvalue weighted by Gasteiger charge is -2.31. The summed E-state index contributed by atoms with van der Waals surface area (Å²) in [6, 6.07) is 4.04. The molecule has 0 spiro atoms. The molecule has 1 aromatic rings. The maximum Gasteiger partial charge on any atom is 0.122 e. The van der Waals surface area contributed by atoms with Crippen LogP contribution in [0.3, 0.4) is 0 Å². The highest BCUT2D eigenvalue weighted by Crippen LogP contribution is 2.29. The number of hydrazine groups is 1. The molecule has 1 fully saturated rings. The molecule has 106 valence electrons. The monoisotopic (exact) mass is 266 g/mol. The molecular formula is C14H22N2O3. The molecular weight excluding hydrogens is 244 g/mol. The van der Waals surface area contributed by atoms with Crippen LogP contribution >= 0.6 is 0 Å². The van der Waals surface area contributed by atoms with Crippen LogP contribution in [-0.4, -0.2) is 33.0 Å². The standard InChI is InChI=1S/C14H22N2O3/c1-9-7-12(17-3)10(2)6-11(9)14(16-15)13-8-18-4-5-19-13/h6-7,13-14,16H,4-5,8,15H2,1-3H3. The van der Waals surface area contributed by atoms with E-state index in [0.29, 0.717) is 19.8 Å². The molecule has 19 heavy (non-hydrogen) atoms. The van der Waals surface area contributed by atoms with Crippen molar-refractivity contribution in [2.24, 2.45) is 5.84 Å². The van der Waals surface area contributed by atoms with Crippen molar-refractivity contribution in [1.82, 2.24) is 5.43 Å². The fourth-order valence-corrected chi connectivity index (χ4v) is 2.46. The number of nitrogens with two attached hydrogens (primary N) is 1. The summed E-state index contributed by atoms with van der Waals surface area (Å²) in [5, 5.41) is 0. The maximum absolute atomic E-state index is 5.74. The van der Waals surface area contributed by atoms with Crippen LogP contribution in [0.4, 0.5) is 0 Å². The third-order valence-electron chi connectivity index (χ3n) is 3.51. The van der Waals surface area contributed by atoms with E-state index in [4.69, 9.17) is 20.1 Å². The van der Waals surface area contributed by atoms with E-state index >= 15 is 0 Å². The SMILES string of the molecule is COc1cc(C)c(C(NN)C2COCCO2)cc1C. The first-order chi connectivity index (χ1) is 9.17. The molecule has 1 aliphatic heterocycles. The molecule has 0 amide bonds. The highest BCUT2D eigenvalue weighted by atomic mass is 16.6. The van der Waals surface area contributed by atoms with E-state index in [2.05, 4.69) is 11.5 Å². The third-order valence-corrected chi connectivity index (χ3v) is 3.51. The molecule has 5 nitrogen and oxygen atoms in total. The van der Waals surface area contributed by atoms with Crippen LogP contribution in [-0.2, 0) is 9.47 Å². The van der Waals surface area contributed by atoms with Crippen molar-refractivity contribution < 1.29 is 14.2 Å². The topological polar surface area (TPSA) is 65.7 Å². The molecule has 2 rings (SSSR count). The zero-order valence-electron chi connectivity index (χ0n) is 11.7. The van der Waals surface area contributed by atoms with Gasteiger partial charge < -0.3 is 14.2 Å². The van der Waals surface area contributed by atoms with Gasteiger partial charge in [-0.15, -0.1) is 0 Å². The molecule has 1 saturated heterocycles. The molecule has 0 aromatic heterocycles. The van der Waals surface area contributed by atoms with E-state index in [0.717, 1.165) is 22.4 Å². The van der Waals surface area contributed by atoms with Gasteiger partial charge in [-0.05, 0) is 36.6 Å². The minimum atomic E-state index is -0.0788. The van der Waals surface area contributed by atoms with Gasteiger partial charge in [-0.25, -0.2) is 0 Å². The Hall–Kier alpha value is -1.14. The summed E-state index contributed by atoms with van der Waals surface area (Å²) in [6.07, 6.45) is -0.0646. The zero-order valence-corrected chi connectivity index (χ0v) is 11.7. The van der Waals surface area contributed by atoms with Gasteiger partial charge in [-0.3, -0.25) is 11.3 Å². The van der Waals surface area contributed by atoms with Crippen molar-refractivity contribution in [1.29, 1.82) is 0 Å². The summed E-state index contributed by atoms with van der Waals surface area (Å²) >= 11 is 0. The first-order valence-electron chi connectivity index (χ1n) is 6.48. The summed E-state index contributed by atoms with van der Waals surface area (Å²) in [5.41, 5.74) is 6.18. The van der Waals surface area contributed by atoms with Crippen LogP contribution in [0.25, 0.3) is 0 Å². The van der Waals surface area contributed by atoms with E-state index in [1.807, 2.05) is 19.9 Å². The Morgan fingerprint density at radius 3 is 2.68 bits per heavy atom.